The molecule has 0 unspecified atom stereocenters. The highest BCUT2D eigenvalue weighted by Crippen LogP contribution is 2.33. The van der Waals surface area contributed by atoms with Crippen LogP contribution in [0.15, 0.2) is 42.5 Å². The Morgan fingerprint density at radius 3 is 2.45 bits per heavy atom. The van der Waals surface area contributed by atoms with Crippen molar-refractivity contribution in [2.24, 2.45) is 0 Å². The first kappa shape index (κ1) is 20.9. The second kappa shape index (κ2) is 9.56. The molecule has 5 nitrogen and oxygen atoms in total. The molecule has 29 heavy (non-hydrogen) atoms. The highest BCUT2D eigenvalue weighted by Gasteiger charge is 2.17. The standard InChI is InChI=1S/C23H26N2O3S/c1-5-25(6-2)22(26)15-17(23-24-18-9-7-8-10-21(18)29-23)13-16-11-12-19(27-3)20(14-16)28-4/h7-14H,5-6,15H2,1-4H3. The molecule has 0 aliphatic carbocycles. The van der Waals surface area contributed by atoms with Crippen LogP contribution in [0.3, 0.4) is 0 Å². The maximum Gasteiger partial charge on any atom is 0.227 e. The summed E-state index contributed by atoms with van der Waals surface area (Å²) in [5.74, 6) is 1.42. The fourth-order valence-electron chi connectivity index (χ4n) is 3.19. The van der Waals surface area contributed by atoms with Crippen LogP contribution in [0.5, 0.6) is 11.5 Å². The van der Waals surface area contributed by atoms with Crippen molar-refractivity contribution in [2.75, 3.05) is 27.3 Å². The van der Waals surface area contributed by atoms with Gasteiger partial charge in [-0.2, -0.15) is 0 Å². The van der Waals surface area contributed by atoms with Crippen LogP contribution in [0.4, 0.5) is 0 Å². The normalized spacial score (nSPS) is 11.5. The van der Waals surface area contributed by atoms with E-state index >= 15 is 0 Å². The molecule has 0 fully saturated rings. The van der Waals surface area contributed by atoms with Crippen molar-refractivity contribution in [1.82, 2.24) is 9.88 Å². The van der Waals surface area contributed by atoms with Crippen molar-refractivity contribution in [1.29, 1.82) is 0 Å². The third-order valence-electron chi connectivity index (χ3n) is 4.77. The molecule has 1 heterocycles. The summed E-state index contributed by atoms with van der Waals surface area (Å²) in [7, 11) is 3.23. The zero-order valence-electron chi connectivity index (χ0n) is 17.3. The molecule has 0 N–H and O–H groups in total. The molecular weight excluding hydrogens is 384 g/mol. The van der Waals surface area contributed by atoms with E-state index in [2.05, 4.69) is 6.07 Å². The van der Waals surface area contributed by atoms with Crippen LogP contribution in [0.2, 0.25) is 0 Å². The van der Waals surface area contributed by atoms with Crippen molar-refractivity contribution in [2.45, 2.75) is 20.3 Å². The van der Waals surface area contributed by atoms with Gasteiger partial charge in [0.2, 0.25) is 5.91 Å². The van der Waals surface area contributed by atoms with Gasteiger partial charge in [0.25, 0.3) is 0 Å². The molecule has 0 saturated carbocycles. The molecule has 1 amide bonds. The lowest BCUT2D eigenvalue weighted by Crippen LogP contribution is -2.30. The van der Waals surface area contributed by atoms with Gasteiger partial charge < -0.3 is 14.4 Å². The van der Waals surface area contributed by atoms with E-state index in [1.165, 1.54) is 0 Å². The van der Waals surface area contributed by atoms with Gasteiger partial charge in [-0.15, -0.1) is 11.3 Å². The second-order valence-electron chi connectivity index (χ2n) is 6.51. The summed E-state index contributed by atoms with van der Waals surface area (Å²) in [5, 5.41) is 0.862. The third-order valence-corrected chi connectivity index (χ3v) is 5.89. The Balaban J connectivity index is 2.04. The largest absolute Gasteiger partial charge is 0.493 e. The molecule has 0 aliphatic heterocycles. The number of methoxy groups -OCH3 is 2. The summed E-state index contributed by atoms with van der Waals surface area (Å²) >= 11 is 1.61. The van der Waals surface area contributed by atoms with E-state index in [0.717, 1.165) is 26.4 Å². The molecule has 0 aliphatic rings. The Labute approximate surface area is 175 Å². The van der Waals surface area contributed by atoms with Gasteiger partial charge in [-0.05, 0) is 55.3 Å². The number of hydrogen-bond donors (Lipinski definition) is 0. The average molecular weight is 411 g/mol. The second-order valence-corrected chi connectivity index (χ2v) is 7.54. The number of carbonyl (C=O) groups is 1. The smallest absolute Gasteiger partial charge is 0.227 e. The topological polar surface area (TPSA) is 51.7 Å². The predicted octanol–water partition coefficient (Wildman–Crippen LogP) is 5.11. The summed E-state index contributed by atoms with van der Waals surface area (Å²) in [6, 6.07) is 13.8. The monoisotopic (exact) mass is 410 g/mol. The van der Waals surface area contributed by atoms with E-state index < -0.39 is 0 Å². The lowest BCUT2D eigenvalue weighted by molar-refractivity contribution is -0.129. The summed E-state index contributed by atoms with van der Waals surface area (Å²) < 4.78 is 11.9. The number of hydrogen-bond acceptors (Lipinski definition) is 5. The van der Waals surface area contributed by atoms with Gasteiger partial charge in [0.05, 0.1) is 30.9 Å². The minimum Gasteiger partial charge on any atom is -0.493 e. The van der Waals surface area contributed by atoms with Crippen LogP contribution in [-0.4, -0.2) is 43.1 Å². The average Bonchev–Trinajstić information content (AvgIpc) is 3.18. The summed E-state index contributed by atoms with van der Waals surface area (Å²) in [5.41, 5.74) is 2.78. The van der Waals surface area contributed by atoms with Crippen LogP contribution in [0, 0.1) is 0 Å². The van der Waals surface area contributed by atoms with Crippen LogP contribution in [0.25, 0.3) is 21.9 Å². The Hall–Kier alpha value is -2.86. The lowest BCUT2D eigenvalue weighted by atomic mass is 10.1. The summed E-state index contributed by atoms with van der Waals surface area (Å²) in [6.07, 6.45) is 2.32. The van der Waals surface area contributed by atoms with E-state index in [4.69, 9.17) is 14.5 Å². The fourth-order valence-corrected chi connectivity index (χ4v) is 4.17. The minimum atomic E-state index is 0.0981. The Kier molecular flexibility index (Phi) is 6.88. The highest BCUT2D eigenvalue weighted by molar-refractivity contribution is 7.19. The molecule has 3 rings (SSSR count). The van der Waals surface area contributed by atoms with Gasteiger partial charge in [0, 0.05) is 13.1 Å². The molecule has 6 heteroatoms. The zero-order chi connectivity index (χ0) is 20.8. The maximum absolute atomic E-state index is 12.8. The molecule has 152 valence electrons. The first-order chi connectivity index (χ1) is 14.1. The van der Waals surface area contributed by atoms with E-state index in [0.29, 0.717) is 31.0 Å². The van der Waals surface area contributed by atoms with Crippen LogP contribution in [0.1, 0.15) is 30.8 Å². The molecule has 2 aromatic carbocycles. The summed E-state index contributed by atoms with van der Waals surface area (Å²) in [4.78, 5) is 19.5. The SMILES string of the molecule is CCN(CC)C(=O)CC(=Cc1ccc(OC)c(OC)c1)c1nc2ccccc2s1. The van der Waals surface area contributed by atoms with Gasteiger partial charge in [-0.25, -0.2) is 4.98 Å². The van der Waals surface area contributed by atoms with E-state index in [-0.39, 0.29) is 5.91 Å². The Bertz CT molecular complexity index is 989. The van der Waals surface area contributed by atoms with Gasteiger partial charge in [0.15, 0.2) is 11.5 Å². The Morgan fingerprint density at radius 2 is 1.79 bits per heavy atom. The van der Waals surface area contributed by atoms with E-state index in [1.807, 2.05) is 61.2 Å². The molecule has 0 bridgehead atoms. The van der Waals surface area contributed by atoms with Crippen LogP contribution < -0.4 is 9.47 Å². The zero-order valence-corrected chi connectivity index (χ0v) is 18.1. The first-order valence-corrected chi connectivity index (χ1v) is 10.5. The number of benzene rings is 2. The van der Waals surface area contributed by atoms with Crippen molar-refractivity contribution in [3.63, 3.8) is 0 Å². The first-order valence-electron chi connectivity index (χ1n) is 9.65. The number of ether oxygens (including phenoxy) is 2. The third kappa shape index (κ3) is 4.77. The lowest BCUT2D eigenvalue weighted by Gasteiger charge is -2.19. The van der Waals surface area contributed by atoms with Gasteiger partial charge in [-0.3, -0.25) is 4.79 Å². The molecule has 0 spiro atoms. The number of nitrogens with zero attached hydrogens (tertiary/aromatic N) is 2. The molecule has 1 aromatic heterocycles. The number of rotatable bonds is 8. The van der Waals surface area contributed by atoms with Crippen molar-refractivity contribution < 1.29 is 14.3 Å². The quantitative estimate of drug-likeness (QED) is 0.518. The Morgan fingerprint density at radius 1 is 1.07 bits per heavy atom. The van der Waals surface area contributed by atoms with Gasteiger partial charge in [-0.1, -0.05) is 18.2 Å². The van der Waals surface area contributed by atoms with Crippen molar-refractivity contribution >= 4 is 39.1 Å². The number of amides is 1. The number of fused-ring (bicyclic) bond motifs is 1. The molecular formula is C23H26N2O3S. The van der Waals surface area contributed by atoms with E-state index in [9.17, 15) is 4.79 Å². The van der Waals surface area contributed by atoms with Gasteiger partial charge in [0.1, 0.15) is 5.01 Å². The molecule has 0 atom stereocenters. The highest BCUT2D eigenvalue weighted by atomic mass is 32.1. The number of thiazole rings is 1. The molecule has 3 aromatic rings. The molecule has 0 saturated heterocycles. The number of para-hydroxylation sites is 1. The van der Waals surface area contributed by atoms with Gasteiger partial charge >= 0.3 is 0 Å². The fraction of sp³-hybridized carbons (Fsp3) is 0.304. The number of carbonyl (C=O) groups excluding carboxylic acids is 1. The summed E-state index contributed by atoms with van der Waals surface area (Å²) in [6.45, 7) is 5.38. The predicted molar refractivity (Wildman–Crippen MR) is 120 cm³/mol. The van der Waals surface area contributed by atoms with Crippen LogP contribution in [-0.2, 0) is 4.79 Å². The maximum atomic E-state index is 12.8. The number of aromatic nitrogens is 1. The molecule has 0 radical (unpaired) electrons. The van der Waals surface area contributed by atoms with Crippen LogP contribution >= 0.6 is 11.3 Å². The van der Waals surface area contributed by atoms with Crippen molar-refractivity contribution in [3.05, 3.63) is 53.0 Å². The van der Waals surface area contributed by atoms with E-state index in [1.54, 1.807) is 25.6 Å². The minimum absolute atomic E-state index is 0.0981. The van der Waals surface area contributed by atoms with Crippen molar-refractivity contribution in [3.8, 4) is 11.5 Å².